The fraction of sp³-hybridized carbons (Fsp3) is 0.235. The van der Waals surface area contributed by atoms with Crippen molar-refractivity contribution in [3.05, 3.63) is 43.0 Å². The van der Waals surface area contributed by atoms with E-state index in [-0.39, 0.29) is 0 Å². The summed E-state index contributed by atoms with van der Waals surface area (Å²) in [5, 5.41) is 1.68. The van der Waals surface area contributed by atoms with Crippen molar-refractivity contribution in [2.24, 2.45) is 0 Å². The van der Waals surface area contributed by atoms with E-state index in [1.54, 1.807) is 27.2 Å². The Labute approximate surface area is 129 Å². The van der Waals surface area contributed by atoms with E-state index < -0.39 is 12.3 Å². The second-order valence-electron chi connectivity index (χ2n) is 4.48. The third-order valence-corrected chi connectivity index (χ3v) is 3.09. The summed E-state index contributed by atoms with van der Waals surface area (Å²) in [6.07, 6.45) is 0.332. The van der Waals surface area contributed by atoms with Gasteiger partial charge in [-0.2, -0.15) is 0 Å². The predicted octanol–water partition coefficient (Wildman–Crippen LogP) is 3.31. The summed E-state index contributed by atoms with van der Waals surface area (Å²) in [4.78, 5) is 11.2. The van der Waals surface area contributed by atoms with Gasteiger partial charge >= 0.3 is 5.97 Å². The number of hydrogen-bond acceptors (Lipinski definition) is 5. The minimum atomic E-state index is -0.757. The van der Waals surface area contributed by atoms with E-state index in [9.17, 15) is 4.79 Å². The van der Waals surface area contributed by atoms with Crippen LogP contribution in [0.25, 0.3) is 10.8 Å². The Kier molecular flexibility index (Phi) is 4.88. The first kappa shape index (κ1) is 15.7. The first-order valence-corrected chi connectivity index (χ1v) is 6.74. The smallest absolute Gasteiger partial charge is 0.333 e. The average molecular weight is 302 g/mol. The molecule has 2 aromatic rings. The summed E-state index contributed by atoms with van der Waals surface area (Å²) in [5.41, 5.74) is 0. The number of ether oxygens (including phenoxy) is 4. The Bertz CT molecular complexity index is 693. The van der Waals surface area contributed by atoms with Crippen molar-refractivity contribution in [2.45, 2.75) is 13.2 Å². The van der Waals surface area contributed by atoms with Gasteiger partial charge in [-0.25, -0.2) is 4.79 Å². The van der Waals surface area contributed by atoms with Crippen LogP contribution < -0.4 is 14.2 Å². The molecule has 0 amide bonds. The quantitative estimate of drug-likeness (QED) is 0.465. The Hall–Kier alpha value is -2.69. The van der Waals surface area contributed by atoms with Crippen LogP contribution >= 0.6 is 0 Å². The van der Waals surface area contributed by atoms with Crippen LogP contribution in [0.15, 0.2) is 43.0 Å². The molecule has 0 N–H and O–H groups in total. The molecule has 0 saturated heterocycles. The Morgan fingerprint density at radius 3 is 2.41 bits per heavy atom. The molecule has 5 nitrogen and oxygen atoms in total. The molecule has 0 aliphatic carbocycles. The lowest BCUT2D eigenvalue weighted by Crippen LogP contribution is -2.19. The molecule has 0 aliphatic rings. The summed E-state index contributed by atoms with van der Waals surface area (Å²) in [5.74, 6) is 1.16. The maximum Gasteiger partial charge on any atom is 0.333 e. The first-order valence-electron chi connectivity index (χ1n) is 6.74. The number of benzene rings is 2. The lowest BCUT2D eigenvalue weighted by Gasteiger charge is -2.18. The summed E-state index contributed by atoms with van der Waals surface area (Å²) >= 11 is 0. The van der Waals surface area contributed by atoms with Gasteiger partial charge in [0.25, 0.3) is 0 Å². The van der Waals surface area contributed by atoms with Crippen molar-refractivity contribution >= 4 is 16.7 Å². The Morgan fingerprint density at radius 1 is 1.14 bits per heavy atom. The molecule has 1 atom stereocenters. The van der Waals surface area contributed by atoms with Gasteiger partial charge in [0.05, 0.1) is 14.2 Å². The normalized spacial score (nSPS) is 11.6. The van der Waals surface area contributed by atoms with Crippen molar-refractivity contribution in [3.8, 4) is 17.2 Å². The Balaban J connectivity index is 2.45. The summed E-state index contributed by atoms with van der Waals surface area (Å²) in [6.45, 7) is 4.99. The van der Waals surface area contributed by atoms with Gasteiger partial charge in [0, 0.05) is 29.8 Å². The van der Waals surface area contributed by atoms with E-state index in [0.717, 1.165) is 16.8 Å². The van der Waals surface area contributed by atoms with E-state index in [0.29, 0.717) is 17.2 Å². The van der Waals surface area contributed by atoms with Crippen LogP contribution in [0.3, 0.4) is 0 Å². The molecular weight excluding hydrogens is 284 g/mol. The topological polar surface area (TPSA) is 54.0 Å². The van der Waals surface area contributed by atoms with Gasteiger partial charge in [0.15, 0.2) is 11.5 Å². The maximum absolute atomic E-state index is 11.2. The number of esters is 1. The zero-order chi connectivity index (χ0) is 16.1. The molecule has 0 heterocycles. The number of hydrogen-bond donors (Lipinski definition) is 0. The van der Waals surface area contributed by atoms with E-state index in [1.807, 2.05) is 24.3 Å². The molecule has 0 radical (unpaired) electrons. The highest BCUT2D eigenvalue weighted by atomic mass is 16.7. The van der Waals surface area contributed by atoms with Crippen molar-refractivity contribution in [3.63, 3.8) is 0 Å². The fourth-order valence-corrected chi connectivity index (χ4v) is 2.17. The second-order valence-corrected chi connectivity index (χ2v) is 4.48. The third kappa shape index (κ3) is 3.14. The van der Waals surface area contributed by atoms with E-state index in [2.05, 4.69) is 6.58 Å². The molecule has 0 fully saturated rings. The number of fused-ring (bicyclic) bond motifs is 1. The third-order valence-electron chi connectivity index (χ3n) is 3.09. The van der Waals surface area contributed by atoms with Crippen molar-refractivity contribution in [2.75, 3.05) is 14.2 Å². The van der Waals surface area contributed by atoms with Crippen LogP contribution in [0.5, 0.6) is 17.2 Å². The molecule has 2 aromatic carbocycles. The summed E-state index contributed by atoms with van der Waals surface area (Å²) in [6, 6.07) is 9.30. The molecule has 0 bridgehead atoms. The largest absolute Gasteiger partial charge is 0.493 e. The molecule has 0 saturated carbocycles. The van der Waals surface area contributed by atoms with Crippen LogP contribution in [0.1, 0.15) is 6.92 Å². The Morgan fingerprint density at radius 2 is 1.82 bits per heavy atom. The van der Waals surface area contributed by atoms with Crippen molar-refractivity contribution in [1.29, 1.82) is 0 Å². The molecular formula is C17H18O5. The van der Waals surface area contributed by atoms with Gasteiger partial charge < -0.3 is 18.9 Å². The minimum Gasteiger partial charge on any atom is -0.493 e. The summed E-state index contributed by atoms with van der Waals surface area (Å²) < 4.78 is 21.5. The molecule has 5 heteroatoms. The number of carbonyl (C=O) groups is 1. The highest BCUT2D eigenvalue weighted by Gasteiger charge is 2.16. The molecule has 1 unspecified atom stereocenters. The zero-order valence-electron chi connectivity index (χ0n) is 12.8. The average Bonchev–Trinajstić information content (AvgIpc) is 2.54. The van der Waals surface area contributed by atoms with Crippen molar-refractivity contribution in [1.82, 2.24) is 0 Å². The van der Waals surface area contributed by atoms with E-state index in [1.165, 1.54) is 0 Å². The molecule has 0 aromatic heterocycles. The van der Waals surface area contributed by atoms with E-state index in [4.69, 9.17) is 18.9 Å². The first-order chi connectivity index (χ1) is 10.6. The van der Waals surface area contributed by atoms with Gasteiger partial charge in [-0.1, -0.05) is 30.8 Å². The fourth-order valence-electron chi connectivity index (χ4n) is 2.17. The highest BCUT2D eigenvalue weighted by Crippen LogP contribution is 2.41. The SMILES string of the molecule is C=CC(=O)OC(C)Oc1cc(OC)c(OC)c2ccccc12. The predicted molar refractivity (Wildman–Crippen MR) is 83.4 cm³/mol. The minimum absolute atomic E-state index is 0.539. The maximum atomic E-state index is 11.2. The van der Waals surface area contributed by atoms with Crippen LogP contribution in [0, 0.1) is 0 Å². The molecule has 0 spiro atoms. The van der Waals surface area contributed by atoms with Gasteiger partial charge in [-0.3, -0.25) is 0 Å². The molecule has 0 aliphatic heterocycles. The van der Waals surface area contributed by atoms with Gasteiger partial charge in [0.2, 0.25) is 6.29 Å². The standard InChI is InChI=1S/C17H18O5/c1-5-16(18)22-11(2)21-14-10-15(19-3)17(20-4)13-9-7-6-8-12(13)14/h5-11H,1H2,2-4H3. The molecule has 22 heavy (non-hydrogen) atoms. The second kappa shape index (κ2) is 6.85. The van der Waals surface area contributed by atoms with Crippen molar-refractivity contribution < 1.29 is 23.7 Å². The van der Waals surface area contributed by atoms with E-state index >= 15 is 0 Å². The van der Waals surface area contributed by atoms with Gasteiger partial charge in [-0.05, 0) is 0 Å². The molecule has 2 rings (SSSR count). The van der Waals surface area contributed by atoms with Crippen LogP contribution in [0.4, 0.5) is 0 Å². The highest BCUT2D eigenvalue weighted by molar-refractivity contribution is 5.95. The number of methoxy groups -OCH3 is 2. The zero-order valence-corrected chi connectivity index (χ0v) is 12.8. The monoisotopic (exact) mass is 302 g/mol. The number of rotatable bonds is 6. The van der Waals surface area contributed by atoms with Crippen LogP contribution in [0.2, 0.25) is 0 Å². The van der Waals surface area contributed by atoms with Gasteiger partial charge in [0.1, 0.15) is 5.75 Å². The van der Waals surface area contributed by atoms with Gasteiger partial charge in [-0.15, -0.1) is 0 Å². The lowest BCUT2D eigenvalue weighted by molar-refractivity contribution is -0.154. The lowest BCUT2D eigenvalue weighted by atomic mass is 10.1. The molecule has 116 valence electrons. The summed E-state index contributed by atoms with van der Waals surface area (Å²) in [7, 11) is 3.14. The number of carbonyl (C=O) groups excluding carboxylic acids is 1. The van der Waals surface area contributed by atoms with Crippen LogP contribution in [-0.4, -0.2) is 26.5 Å². The van der Waals surface area contributed by atoms with Crippen LogP contribution in [-0.2, 0) is 9.53 Å².